The predicted molar refractivity (Wildman–Crippen MR) is 42.2 cm³/mol. The topological polar surface area (TPSA) is 20.2 Å². The molecule has 0 amide bonds. The first kappa shape index (κ1) is 9.08. The second kappa shape index (κ2) is 8.08. The maximum absolute atomic E-state index is 8.25. The lowest BCUT2D eigenvalue weighted by atomic mass is 10.3. The van der Waals surface area contributed by atoms with E-state index in [1.807, 2.05) is 0 Å². The third-order valence-corrected chi connectivity index (χ3v) is 0.881. The van der Waals surface area contributed by atoms with Crippen molar-refractivity contribution in [1.82, 2.24) is 0 Å². The molecule has 0 spiro atoms. The van der Waals surface area contributed by atoms with Gasteiger partial charge in [0.1, 0.15) is 6.61 Å². The van der Waals surface area contributed by atoms with Crippen molar-refractivity contribution in [3.05, 3.63) is 0 Å². The minimum absolute atomic E-state index is 0.0601. The number of rotatable bonds is 1. The quantitative estimate of drug-likeness (QED) is 0.536. The molecule has 0 rings (SSSR count). The molecule has 0 bridgehead atoms. The minimum Gasteiger partial charge on any atom is -0.384 e. The van der Waals surface area contributed by atoms with Gasteiger partial charge in [0.15, 0.2) is 0 Å². The molecular weight excluding hydrogens is 124 g/mol. The Bertz CT molecular complexity index is 172. The zero-order chi connectivity index (χ0) is 7.66. The van der Waals surface area contributed by atoms with E-state index < -0.39 is 0 Å². The fraction of sp³-hybridized carbons (Fsp3) is 0.556. The fourth-order valence-corrected chi connectivity index (χ4v) is 0.438. The van der Waals surface area contributed by atoms with Crippen LogP contribution in [0.2, 0.25) is 0 Å². The Kier molecular flexibility index (Phi) is 7.34. The van der Waals surface area contributed by atoms with E-state index >= 15 is 0 Å². The molecule has 0 radical (unpaired) electrons. The van der Waals surface area contributed by atoms with Crippen LogP contribution in [-0.2, 0) is 0 Å². The smallest absolute Gasteiger partial charge is 0.104 e. The van der Waals surface area contributed by atoms with Gasteiger partial charge in [0.25, 0.3) is 0 Å². The molecule has 0 atom stereocenters. The van der Waals surface area contributed by atoms with Crippen molar-refractivity contribution in [2.24, 2.45) is 0 Å². The van der Waals surface area contributed by atoms with Gasteiger partial charge in [-0.1, -0.05) is 24.7 Å². The minimum atomic E-state index is -0.0601. The van der Waals surface area contributed by atoms with Crippen LogP contribution in [0.25, 0.3) is 0 Å². The number of hydrogen-bond donors (Lipinski definition) is 1. The largest absolute Gasteiger partial charge is 0.384 e. The first-order chi connectivity index (χ1) is 4.91. The molecule has 54 valence electrons. The van der Waals surface area contributed by atoms with E-state index in [0.29, 0.717) is 6.42 Å². The summed E-state index contributed by atoms with van der Waals surface area (Å²) in [4.78, 5) is 0. The van der Waals surface area contributed by atoms with Crippen LogP contribution in [0.1, 0.15) is 26.2 Å². The van der Waals surface area contributed by atoms with Gasteiger partial charge in [-0.3, -0.25) is 0 Å². The van der Waals surface area contributed by atoms with Crippen LogP contribution in [0.15, 0.2) is 0 Å². The van der Waals surface area contributed by atoms with Crippen molar-refractivity contribution in [2.45, 2.75) is 26.2 Å². The Hall–Kier alpha value is -0.920. The van der Waals surface area contributed by atoms with Crippen LogP contribution >= 0.6 is 0 Å². The monoisotopic (exact) mass is 136 g/mol. The van der Waals surface area contributed by atoms with Gasteiger partial charge < -0.3 is 5.11 Å². The van der Waals surface area contributed by atoms with Gasteiger partial charge in [-0.25, -0.2) is 0 Å². The van der Waals surface area contributed by atoms with Crippen LogP contribution in [0.3, 0.4) is 0 Å². The predicted octanol–water partition coefficient (Wildman–Crippen LogP) is 1.18. The highest BCUT2D eigenvalue weighted by Gasteiger charge is 1.68. The van der Waals surface area contributed by atoms with Gasteiger partial charge in [0.2, 0.25) is 0 Å². The van der Waals surface area contributed by atoms with Crippen LogP contribution in [0.4, 0.5) is 0 Å². The van der Waals surface area contributed by atoms with Crippen LogP contribution < -0.4 is 0 Å². The SMILES string of the molecule is CCCC#CCC#CCO. The Morgan fingerprint density at radius 1 is 1.10 bits per heavy atom. The van der Waals surface area contributed by atoms with E-state index in [0.717, 1.165) is 12.8 Å². The molecular formula is C9H12O. The first-order valence-electron chi connectivity index (χ1n) is 3.44. The summed E-state index contributed by atoms with van der Waals surface area (Å²) in [5.74, 6) is 11.1. The number of unbranched alkanes of at least 4 members (excludes halogenated alkanes) is 1. The Balaban J connectivity index is 3.28. The molecule has 0 aromatic rings. The summed E-state index contributed by atoms with van der Waals surface area (Å²) in [5.41, 5.74) is 0. The summed E-state index contributed by atoms with van der Waals surface area (Å²) in [6.07, 6.45) is 2.63. The van der Waals surface area contributed by atoms with E-state index in [2.05, 4.69) is 30.6 Å². The van der Waals surface area contributed by atoms with Crippen molar-refractivity contribution in [3.8, 4) is 23.7 Å². The number of aliphatic hydroxyl groups is 1. The van der Waals surface area contributed by atoms with E-state index in [4.69, 9.17) is 5.11 Å². The molecule has 0 saturated carbocycles. The third-order valence-electron chi connectivity index (χ3n) is 0.881. The zero-order valence-electron chi connectivity index (χ0n) is 6.28. The molecule has 1 heteroatoms. The maximum Gasteiger partial charge on any atom is 0.104 e. The molecule has 0 heterocycles. The van der Waals surface area contributed by atoms with Crippen molar-refractivity contribution in [1.29, 1.82) is 0 Å². The van der Waals surface area contributed by atoms with Crippen LogP contribution in [0, 0.1) is 23.7 Å². The highest BCUT2D eigenvalue weighted by molar-refractivity contribution is 5.11. The van der Waals surface area contributed by atoms with Crippen LogP contribution in [-0.4, -0.2) is 11.7 Å². The second-order valence-electron chi connectivity index (χ2n) is 1.79. The van der Waals surface area contributed by atoms with Crippen molar-refractivity contribution < 1.29 is 5.11 Å². The average Bonchev–Trinajstić information content (AvgIpc) is 1.97. The van der Waals surface area contributed by atoms with Gasteiger partial charge in [-0.2, -0.15) is 0 Å². The number of hydrogen-bond acceptors (Lipinski definition) is 1. The van der Waals surface area contributed by atoms with Gasteiger partial charge in [0, 0.05) is 6.42 Å². The van der Waals surface area contributed by atoms with Crippen LogP contribution in [0.5, 0.6) is 0 Å². The average molecular weight is 136 g/mol. The summed E-state index contributed by atoms with van der Waals surface area (Å²) in [6.45, 7) is 2.03. The van der Waals surface area contributed by atoms with Gasteiger partial charge in [0.05, 0.1) is 6.42 Å². The van der Waals surface area contributed by atoms with Gasteiger partial charge in [-0.05, 0) is 6.42 Å². The normalized spacial score (nSPS) is 7.00. The summed E-state index contributed by atoms with van der Waals surface area (Å²) in [5, 5.41) is 8.25. The van der Waals surface area contributed by atoms with Crippen molar-refractivity contribution in [3.63, 3.8) is 0 Å². The zero-order valence-corrected chi connectivity index (χ0v) is 6.28. The summed E-state index contributed by atoms with van der Waals surface area (Å²) < 4.78 is 0. The highest BCUT2D eigenvalue weighted by atomic mass is 16.2. The molecule has 0 aliphatic heterocycles. The maximum atomic E-state index is 8.25. The van der Waals surface area contributed by atoms with E-state index in [-0.39, 0.29) is 6.61 Å². The summed E-state index contributed by atoms with van der Waals surface area (Å²) in [6, 6.07) is 0. The lowest BCUT2D eigenvalue weighted by molar-refractivity contribution is 0.350. The Morgan fingerprint density at radius 2 is 1.80 bits per heavy atom. The van der Waals surface area contributed by atoms with E-state index in [1.165, 1.54) is 0 Å². The van der Waals surface area contributed by atoms with E-state index in [1.54, 1.807) is 0 Å². The molecule has 0 aliphatic carbocycles. The second-order valence-corrected chi connectivity index (χ2v) is 1.79. The summed E-state index contributed by atoms with van der Waals surface area (Å²) in [7, 11) is 0. The standard InChI is InChI=1S/C9H12O/c1-2-3-4-5-6-7-8-9-10/h10H,2-3,6,9H2,1H3. The molecule has 0 aromatic heterocycles. The molecule has 10 heavy (non-hydrogen) atoms. The third kappa shape index (κ3) is 7.08. The lowest BCUT2D eigenvalue weighted by Crippen LogP contribution is -1.70. The highest BCUT2D eigenvalue weighted by Crippen LogP contribution is 1.81. The molecule has 1 N–H and O–H groups in total. The lowest BCUT2D eigenvalue weighted by Gasteiger charge is -1.75. The fourth-order valence-electron chi connectivity index (χ4n) is 0.438. The molecule has 0 aliphatic rings. The van der Waals surface area contributed by atoms with Gasteiger partial charge in [-0.15, -0.1) is 5.92 Å². The number of aliphatic hydroxyl groups excluding tert-OH is 1. The molecule has 0 unspecified atom stereocenters. The Morgan fingerprint density at radius 3 is 2.40 bits per heavy atom. The Labute approximate surface area is 62.5 Å². The summed E-state index contributed by atoms with van der Waals surface area (Å²) >= 11 is 0. The molecule has 1 nitrogen and oxygen atoms in total. The molecule has 0 saturated heterocycles. The van der Waals surface area contributed by atoms with Gasteiger partial charge >= 0.3 is 0 Å². The molecule has 0 fully saturated rings. The van der Waals surface area contributed by atoms with Crippen molar-refractivity contribution >= 4 is 0 Å². The van der Waals surface area contributed by atoms with Crippen molar-refractivity contribution in [2.75, 3.05) is 6.61 Å². The molecule has 0 aromatic carbocycles. The first-order valence-corrected chi connectivity index (χ1v) is 3.44. The van der Waals surface area contributed by atoms with E-state index in [9.17, 15) is 0 Å².